The minimum absolute atomic E-state index is 0.163. The lowest BCUT2D eigenvalue weighted by molar-refractivity contribution is 0.578. The lowest BCUT2D eigenvalue weighted by atomic mass is 10.2. The van der Waals surface area contributed by atoms with Gasteiger partial charge in [0.2, 0.25) is 0 Å². The highest BCUT2D eigenvalue weighted by molar-refractivity contribution is 5.80. The number of fused-ring (bicyclic) bond motifs is 1. The molecule has 0 aliphatic carbocycles. The highest BCUT2D eigenvalue weighted by Crippen LogP contribution is 2.19. The topological polar surface area (TPSA) is 4.93 Å². The van der Waals surface area contributed by atoms with E-state index in [9.17, 15) is 13.2 Å². The van der Waals surface area contributed by atoms with Crippen molar-refractivity contribution in [3.63, 3.8) is 0 Å². The molecule has 1 aromatic heterocycles. The zero-order valence-electron chi connectivity index (χ0n) is 9.91. The average Bonchev–Trinajstić information content (AvgIpc) is 2.77. The predicted molar refractivity (Wildman–Crippen MR) is 67.4 cm³/mol. The third-order valence-electron chi connectivity index (χ3n) is 3.08. The molecule has 19 heavy (non-hydrogen) atoms. The molecule has 0 saturated heterocycles. The molecule has 0 unspecified atom stereocenters. The minimum Gasteiger partial charge on any atom is -0.343 e. The van der Waals surface area contributed by atoms with Crippen molar-refractivity contribution in [2.75, 3.05) is 0 Å². The molecule has 2 aromatic carbocycles. The molecule has 1 heterocycles. The van der Waals surface area contributed by atoms with Crippen molar-refractivity contribution in [1.82, 2.24) is 4.57 Å². The minimum atomic E-state index is -0.487. The van der Waals surface area contributed by atoms with Gasteiger partial charge in [0.05, 0.1) is 12.1 Å². The van der Waals surface area contributed by atoms with Gasteiger partial charge in [-0.15, -0.1) is 0 Å². The second kappa shape index (κ2) is 4.46. The molecule has 96 valence electrons. The molecule has 0 saturated carbocycles. The van der Waals surface area contributed by atoms with Crippen LogP contribution in [0.1, 0.15) is 5.56 Å². The van der Waals surface area contributed by atoms with Crippen LogP contribution in [0.4, 0.5) is 13.2 Å². The highest BCUT2D eigenvalue weighted by atomic mass is 19.1. The third-order valence-corrected chi connectivity index (χ3v) is 3.08. The average molecular weight is 261 g/mol. The van der Waals surface area contributed by atoms with Gasteiger partial charge in [0.1, 0.15) is 17.5 Å². The van der Waals surface area contributed by atoms with E-state index in [0.29, 0.717) is 5.52 Å². The zero-order chi connectivity index (χ0) is 13.4. The Morgan fingerprint density at radius 2 is 1.58 bits per heavy atom. The molecule has 3 rings (SSSR count). The van der Waals surface area contributed by atoms with Crippen molar-refractivity contribution < 1.29 is 13.2 Å². The fourth-order valence-electron chi connectivity index (χ4n) is 2.14. The Balaban J connectivity index is 2.05. The summed E-state index contributed by atoms with van der Waals surface area (Å²) in [7, 11) is 0. The summed E-state index contributed by atoms with van der Waals surface area (Å²) >= 11 is 0. The summed E-state index contributed by atoms with van der Waals surface area (Å²) in [6, 6.07) is 9.54. The maximum atomic E-state index is 13.6. The van der Waals surface area contributed by atoms with Gasteiger partial charge in [-0.05, 0) is 47.9 Å². The van der Waals surface area contributed by atoms with Gasteiger partial charge in [0.25, 0.3) is 0 Å². The van der Waals surface area contributed by atoms with Gasteiger partial charge in [-0.3, -0.25) is 0 Å². The number of hydrogen-bond donors (Lipinski definition) is 0. The summed E-state index contributed by atoms with van der Waals surface area (Å²) in [4.78, 5) is 0. The lowest BCUT2D eigenvalue weighted by Crippen LogP contribution is -2.01. The van der Waals surface area contributed by atoms with E-state index in [1.165, 1.54) is 12.1 Å². The first-order valence-electron chi connectivity index (χ1n) is 5.82. The number of benzene rings is 2. The number of halogens is 3. The summed E-state index contributed by atoms with van der Waals surface area (Å²) in [5.41, 5.74) is 0.894. The van der Waals surface area contributed by atoms with Crippen molar-refractivity contribution in [1.29, 1.82) is 0 Å². The Morgan fingerprint density at radius 1 is 0.842 bits per heavy atom. The van der Waals surface area contributed by atoms with E-state index in [-0.39, 0.29) is 17.9 Å². The van der Waals surface area contributed by atoms with Crippen LogP contribution in [0.5, 0.6) is 0 Å². The zero-order valence-corrected chi connectivity index (χ0v) is 9.91. The molecular weight excluding hydrogens is 251 g/mol. The Labute approximate surface area is 107 Å². The monoisotopic (exact) mass is 261 g/mol. The van der Waals surface area contributed by atoms with Gasteiger partial charge in [-0.2, -0.15) is 0 Å². The molecule has 0 N–H and O–H groups in total. The molecule has 0 radical (unpaired) electrons. The Hall–Kier alpha value is -2.23. The molecule has 4 heteroatoms. The highest BCUT2D eigenvalue weighted by Gasteiger charge is 2.07. The van der Waals surface area contributed by atoms with Crippen LogP contribution in [-0.2, 0) is 6.54 Å². The van der Waals surface area contributed by atoms with E-state index in [1.807, 2.05) is 6.07 Å². The maximum Gasteiger partial charge on any atom is 0.128 e. The summed E-state index contributed by atoms with van der Waals surface area (Å²) < 4.78 is 41.6. The van der Waals surface area contributed by atoms with E-state index < -0.39 is 11.6 Å². The van der Waals surface area contributed by atoms with Gasteiger partial charge >= 0.3 is 0 Å². The van der Waals surface area contributed by atoms with Crippen molar-refractivity contribution in [2.45, 2.75) is 6.54 Å². The van der Waals surface area contributed by atoms with E-state index in [2.05, 4.69) is 0 Å². The fraction of sp³-hybridized carbons (Fsp3) is 0.0667. The molecule has 0 aliphatic rings. The van der Waals surface area contributed by atoms with Crippen molar-refractivity contribution in [2.24, 2.45) is 0 Å². The number of aromatic nitrogens is 1. The molecular formula is C15H10F3N. The molecule has 0 amide bonds. The largest absolute Gasteiger partial charge is 0.343 e. The van der Waals surface area contributed by atoms with E-state index in [0.717, 1.165) is 23.6 Å². The van der Waals surface area contributed by atoms with Crippen LogP contribution < -0.4 is 0 Å². The van der Waals surface area contributed by atoms with Gasteiger partial charge in [-0.25, -0.2) is 13.2 Å². The van der Waals surface area contributed by atoms with E-state index in [4.69, 9.17) is 0 Å². The van der Waals surface area contributed by atoms with Crippen LogP contribution in [0.2, 0.25) is 0 Å². The molecule has 1 nitrogen and oxygen atoms in total. The standard InChI is InChI=1S/C15H10F3N/c16-12-3-4-14(18)11(7-12)9-19-6-5-10-1-2-13(17)8-15(10)19/h1-8H,9H2. The van der Waals surface area contributed by atoms with Gasteiger partial charge in [0, 0.05) is 11.8 Å². The Morgan fingerprint density at radius 3 is 2.42 bits per heavy atom. The molecule has 0 aliphatic heterocycles. The summed E-state index contributed by atoms with van der Waals surface area (Å²) in [5.74, 6) is -1.31. The second-order valence-corrected chi connectivity index (χ2v) is 4.38. The molecule has 0 bridgehead atoms. The molecule has 0 fully saturated rings. The first-order valence-corrected chi connectivity index (χ1v) is 5.82. The van der Waals surface area contributed by atoms with Gasteiger partial charge in [0.15, 0.2) is 0 Å². The van der Waals surface area contributed by atoms with Crippen molar-refractivity contribution in [3.8, 4) is 0 Å². The molecule has 0 spiro atoms. The normalized spacial score (nSPS) is 11.1. The summed E-state index contributed by atoms with van der Waals surface area (Å²) in [5, 5.41) is 0.859. The molecule has 3 aromatic rings. The van der Waals surface area contributed by atoms with Crippen molar-refractivity contribution >= 4 is 10.9 Å². The SMILES string of the molecule is Fc1ccc(F)c(Cn2ccc3ccc(F)cc32)c1. The Kier molecular flexibility index (Phi) is 2.78. The second-order valence-electron chi connectivity index (χ2n) is 4.38. The van der Waals surface area contributed by atoms with Crippen LogP contribution >= 0.6 is 0 Å². The first-order chi connectivity index (χ1) is 9.13. The number of rotatable bonds is 2. The maximum absolute atomic E-state index is 13.6. The number of nitrogens with zero attached hydrogens (tertiary/aromatic N) is 1. The molecule has 0 atom stereocenters. The van der Waals surface area contributed by atoms with Crippen LogP contribution in [-0.4, -0.2) is 4.57 Å². The van der Waals surface area contributed by atoms with Crippen LogP contribution in [0.3, 0.4) is 0 Å². The summed E-state index contributed by atoms with van der Waals surface area (Å²) in [6.07, 6.45) is 1.73. The van der Waals surface area contributed by atoms with E-state index >= 15 is 0 Å². The smallest absolute Gasteiger partial charge is 0.128 e. The van der Waals surface area contributed by atoms with Crippen molar-refractivity contribution in [3.05, 3.63) is 71.7 Å². The quantitative estimate of drug-likeness (QED) is 0.654. The van der Waals surface area contributed by atoms with E-state index in [1.54, 1.807) is 16.8 Å². The number of hydrogen-bond acceptors (Lipinski definition) is 0. The first kappa shape index (κ1) is 11.8. The predicted octanol–water partition coefficient (Wildman–Crippen LogP) is 4.11. The summed E-state index contributed by atoms with van der Waals surface area (Å²) in [6.45, 7) is 0.163. The van der Waals surface area contributed by atoms with Gasteiger partial charge in [-0.1, -0.05) is 0 Å². The van der Waals surface area contributed by atoms with Crippen LogP contribution in [0.15, 0.2) is 48.7 Å². The van der Waals surface area contributed by atoms with Crippen LogP contribution in [0.25, 0.3) is 10.9 Å². The Bertz CT molecular complexity index is 746. The van der Waals surface area contributed by atoms with Gasteiger partial charge < -0.3 is 4.57 Å². The fourth-order valence-corrected chi connectivity index (χ4v) is 2.14. The van der Waals surface area contributed by atoms with Crippen LogP contribution in [0, 0.1) is 17.5 Å². The third kappa shape index (κ3) is 2.21. The lowest BCUT2D eigenvalue weighted by Gasteiger charge is -2.07.